The van der Waals surface area contributed by atoms with Gasteiger partial charge in [0, 0.05) is 38.7 Å². The third-order valence-corrected chi connectivity index (χ3v) is 6.88. The van der Waals surface area contributed by atoms with Gasteiger partial charge in [-0.15, -0.1) is 0 Å². The summed E-state index contributed by atoms with van der Waals surface area (Å²) >= 11 is 0. The number of likely N-dealkylation sites (N-methyl/N-ethyl adjacent to an activating group) is 1. The van der Waals surface area contributed by atoms with E-state index >= 15 is 0 Å². The van der Waals surface area contributed by atoms with Gasteiger partial charge in [0.2, 0.25) is 0 Å². The summed E-state index contributed by atoms with van der Waals surface area (Å²) < 4.78 is 5.94. The molecule has 1 saturated carbocycles. The Hall–Kier alpha value is -2.76. The minimum atomic E-state index is -0.702. The lowest BCUT2D eigenvalue weighted by Crippen LogP contribution is -2.44. The van der Waals surface area contributed by atoms with Gasteiger partial charge in [-0.2, -0.15) is 0 Å². The van der Waals surface area contributed by atoms with E-state index in [1.54, 1.807) is 0 Å². The van der Waals surface area contributed by atoms with Gasteiger partial charge in [-0.25, -0.2) is 4.98 Å². The van der Waals surface area contributed by atoms with Gasteiger partial charge in [0.15, 0.2) is 0 Å². The SMILES string of the molecule is CN1CCNc2nc(CCOc3ccc(C4CC(CC(=O)O)C4(C)C)cc3)ccc21. The van der Waals surface area contributed by atoms with Crippen LogP contribution in [-0.2, 0) is 11.2 Å². The number of ether oxygens (including phenoxy) is 1. The summed E-state index contributed by atoms with van der Waals surface area (Å²) in [6.07, 6.45) is 1.95. The van der Waals surface area contributed by atoms with E-state index in [-0.39, 0.29) is 17.8 Å². The number of rotatable bonds is 7. The maximum absolute atomic E-state index is 11.0. The maximum atomic E-state index is 11.0. The fourth-order valence-corrected chi connectivity index (χ4v) is 4.74. The Kier molecular flexibility index (Phi) is 5.58. The van der Waals surface area contributed by atoms with Crippen LogP contribution in [0.3, 0.4) is 0 Å². The lowest BCUT2D eigenvalue weighted by molar-refractivity contribution is -0.141. The van der Waals surface area contributed by atoms with Crippen molar-refractivity contribution in [2.75, 3.05) is 37.0 Å². The zero-order chi connectivity index (χ0) is 21.3. The molecular weight excluding hydrogens is 378 g/mol. The molecule has 1 aliphatic heterocycles. The largest absolute Gasteiger partial charge is 0.493 e. The number of carboxylic acid groups (broad SMARTS) is 1. The molecule has 6 heteroatoms. The molecule has 2 heterocycles. The van der Waals surface area contributed by atoms with Gasteiger partial charge in [0.05, 0.1) is 12.3 Å². The molecule has 0 spiro atoms. The molecule has 0 saturated heterocycles. The van der Waals surface area contributed by atoms with Gasteiger partial charge in [0.25, 0.3) is 0 Å². The summed E-state index contributed by atoms with van der Waals surface area (Å²) in [5.74, 6) is 1.76. The van der Waals surface area contributed by atoms with E-state index in [1.807, 2.05) is 12.1 Å². The first kappa shape index (κ1) is 20.5. The number of aliphatic carboxylic acids is 1. The van der Waals surface area contributed by atoms with Gasteiger partial charge in [-0.05, 0) is 53.5 Å². The van der Waals surface area contributed by atoms with Crippen LogP contribution in [0.25, 0.3) is 0 Å². The number of hydrogen-bond acceptors (Lipinski definition) is 5. The van der Waals surface area contributed by atoms with Gasteiger partial charge < -0.3 is 20.1 Å². The number of benzene rings is 1. The van der Waals surface area contributed by atoms with Crippen LogP contribution in [0.4, 0.5) is 11.5 Å². The van der Waals surface area contributed by atoms with Crippen LogP contribution < -0.4 is 15.0 Å². The van der Waals surface area contributed by atoms with Crippen molar-refractivity contribution >= 4 is 17.5 Å². The highest BCUT2D eigenvalue weighted by Crippen LogP contribution is 2.58. The van der Waals surface area contributed by atoms with Crippen molar-refractivity contribution in [3.63, 3.8) is 0 Å². The fourth-order valence-electron chi connectivity index (χ4n) is 4.74. The summed E-state index contributed by atoms with van der Waals surface area (Å²) in [6, 6.07) is 12.5. The smallest absolute Gasteiger partial charge is 0.303 e. The number of nitrogens with zero attached hydrogens (tertiary/aromatic N) is 2. The van der Waals surface area contributed by atoms with Crippen LogP contribution in [0.5, 0.6) is 5.75 Å². The average molecular weight is 410 g/mol. The molecule has 0 amide bonds. The van der Waals surface area contributed by atoms with Gasteiger partial charge in [-0.1, -0.05) is 26.0 Å². The zero-order valence-electron chi connectivity index (χ0n) is 18.0. The second kappa shape index (κ2) is 8.17. The normalized spacial score (nSPS) is 21.9. The Labute approximate surface area is 178 Å². The van der Waals surface area contributed by atoms with Crippen LogP contribution in [0, 0.1) is 11.3 Å². The van der Waals surface area contributed by atoms with Crippen LogP contribution in [0.1, 0.15) is 43.9 Å². The van der Waals surface area contributed by atoms with E-state index in [1.165, 1.54) is 5.56 Å². The topological polar surface area (TPSA) is 74.7 Å². The van der Waals surface area contributed by atoms with E-state index in [0.717, 1.165) is 48.9 Å². The molecule has 0 bridgehead atoms. The van der Waals surface area contributed by atoms with E-state index < -0.39 is 5.97 Å². The minimum absolute atomic E-state index is 0.0149. The second-order valence-electron chi connectivity index (χ2n) is 9.09. The first-order valence-electron chi connectivity index (χ1n) is 10.7. The first-order chi connectivity index (χ1) is 14.3. The number of anilines is 2. The third-order valence-electron chi connectivity index (χ3n) is 6.88. The lowest BCUT2D eigenvalue weighted by Gasteiger charge is -2.52. The van der Waals surface area contributed by atoms with Crippen molar-refractivity contribution in [3.8, 4) is 5.75 Å². The molecule has 30 heavy (non-hydrogen) atoms. The molecule has 2 unspecified atom stereocenters. The van der Waals surface area contributed by atoms with Crippen molar-refractivity contribution in [2.24, 2.45) is 11.3 Å². The second-order valence-corrected chi connectivity index (χ2v) is 9.09. The van der Waals surface area contributed by atoms with Crippen LogP contribution in [0.2, 0.25) is 0 Å². The molecule has 2 N–H and O–H groups in total. The minimum Gasteiger partial charge on any atom is -0.493 e. The van der Waals surface area contributed by atoms with Crippen LogP contribution in [-0.4, -0.2) is 42.8 Å². The summed E-state index contributed by atoms with van der Waals surface area (Å²) in [7, 11) is 2.09. The Bertz CT molecular complexity index is 910. The predicted molar refractivity (Wildman–Crippen MR) is 119 cm³/mol. The lowest BCUT2D eigenvalue weighted by atomic mass is 9.52. The number of carboxylic acids is 1. The van der Waals surface area contributed by atoms with E-state index in [4.69, 9.17) is 14.8 Å². The first-order valence-corrected chi connectivity index (χ1v) is 10.7. The summed E-state index contributed by atoms with van der Waals surface area (Å²) in [4.78, 5) is 18.0. The molecule has 160 valence electrons. The monoisotopic (exact) mass is 409 g/mol. The molecule has 1 aliphatic carbocycles. The third kappa shape index (κ3) is 4.09. The Morgan fingerprint density at radius 2 is 2.03 bits per heavy atom. The van der Waals surface area contributed by atoms with Crippen molar-refractivity contribution in [1.82, 2.24) is 4.98 Å². The van der Waals surface area contributed by atoms with Gasteiger partial charge in [-0.3, -0.25) is 4.79 Å². The summed E-state index contributed by atoms with van der Waals surface area (Å²) in [6.45, 7) is 6.84. The number of hydrogen-bond donors (Lipinski definition) is 2. The molecular formula is C24H31N3O3. The Morgan fingerprint density at radius 3 is 2.73 bits per heavy atom. The predicted octanol–water partition coefficient (Wildman–Crippen LogP) is 4.17. The molecule has 4 rings (SSSR count). The van der Waals surface area contributed by atoms with Crippen molar-refractivity contribution in [2.45, 2.75) is 39.0 Å². The number of carbonyl (C=O) groups is 1. The number of aromatic nitrogens is 1. The maximum Gasteiger partial charge on any atom is 0.303 e. The highest BCUT2D eigenvalue weighted by molar-refractivity contribution is 5.68. The quantitative estimate of drug-likeness (QED) is 0.715. The zero-order valence-corrected chi connectivity index (χ0v) is 18.0. The molecule has 2 aliphatic rings. The summed E-state index contributed by atoms with van der Waals surface area (Å²) in [5, 5.41) is 12.4. The standard InChI is InChI=1S/C24H31N3O3/c1-24(2)17(15-22(28)29)14-20(24)16-4-7-19(8-5-16)30-13-10-18-6-9-21-23(26-18)25-11-12-27(21)3/h4-9,17,20H,10-15H2,1-3H3,(H,25,26)(H,28,29). The molecule has 6 nitrogen and oxygen atoms in total. The van der Waals surface area contributed by atoms with Crippen LogP contribution in [0.15, 0.2) is 36.4 Å². The number of pyridine rings is 1. The molecule has 2 atom stereocenters. The molecule has 1 aromatic heterocycles. The average Bonchev–Trinajstić information content (AvgIpc) is 2.72. The Balaban J connectivity index is 1.30. The fraction of sp³-hybridized carbons (Fsp3) is 0.500. The van der Waals surface area contributed by atoms with Crippen molar-refractivity contribution in [1.29, 1.82) is 0 Å². The molecule has 0 radical (unpaired) electrons. The molecule has 1 fully saturated rings. The van der Waals surface area contributed by atoms with E-state index in [2.05, 4.69) is 55.4 Å². The van der Waals surface area contributed by atoms with Crippen molar-refractivity contribution in [3.05, 3.63) is 47.7 Å². The molecule has 1 aromatic carbocycles. The van der Waals surface area contributed by atoms with Crippen LogP contribution >= 0.6 is 0 Å². The Morgan fingerprint density at radius 1 is 1.27 bits per heavy atom. The van der Waals surface area contributed by atoms with E-state index in [0.29, 0.717) is 12.5 Å². The van der Waals surface area contributed by atoms with Crippen molar-refractivity contribution < 1.29 is 14.6 Å². The highest BCUT2D eigenvalue weighted by atomic mass is 16.5. The molecule has 2 aromatic rings. The van der Waals surface area contributed by atoms with Gasteiger partial charge in [0.1, 0.15) is 11.6 Å². The van der Waals surface area contributed by atoms with E-state index in [9.17, 15) is 4.79 Å². The highest BCUT2D eigenvalue weighted by Gasteiger charge is 2.49. The van der Waals surface area contributed by atoms with Gasteiger partial charge >= 0.3 is 5.97 Å². The summed E-state index contributed by atoms with van der Waals surface area (Å²) in [5.41, 5.74) is 3.45. The number of fused-ring (bicyclic) bond motifs is 1. The number of nitrogens with one attached hydrogen (secondary N) is 1.